The van der Waals surface area contributed by atoms with Gasteiger partial charge in [-0.25, -0.2) is 4.68 Å². The van der Waals surface area contributed by atoms with E-state index in [4.69, 9.17) is 5.53 Å². The van der Waals surface area contributed by atoms with Crippen molar-refractivity contribution in [1.29, 1.82) is 0 Å². The van der Waals surface area contributed by atoms with Crippen LogP contribution in [0.1, 0.15) is 31.7 Å². The summed E-state index contributed by atoms with van der Waals surface area (Å²) in [7, 11) is 0. The molecule has 1 saturated carbocycles. The lowest BCUT2D eigenvalue weighted by Crippen LogP contribution is -2.28. The Bertz CT molecular complexity index is 620. The van der Waals surface area contributed by atoms with Crippen LogP contribution < -0.4 is 4.90 Å². The Hall–Kier alpha value is -2.32. The van der Waals surface area contributed by atoms with Crippen LogP contribution in [0.3, 0.4) is 0 Å². The Morgan fingerprint density at radius 2 is 2.14 bits per heavy atom. The molecule has 22 heavy (non-hydrogen) atoms. The molecule has 0 unspecified atom stereocenters. The number of nitro groups is 1. The van der Waals surface area contributed by atoms with Gasteiger partial charge in [0.05, 0.1) is 23.1 Å². The fraction of sp³-hybridized carbons (Fsp3) is 0.750. The summed E-state index contributed by atoms with van der Waals surface area (Å²) >= 11 is 0. The number of anilines is 1. The SMILES string of the molecule is [N-]=[N+]=N[C@H]1CCN(c2c([N+](=O)[O-])cnn2C2CC2)CC[C@@H]1O. The van der Waals surface area contributed by atoms with Crippen molar-refractivity contribution < 1.29 is 10.0 Å². The summed E-state index contributed by atoms with van der Waals surface area (Å²) < 4.78 is 1.72. The lowest BCUT2D eigenvalue weighted by Gasteiger charge is -2.22. The van der Waals surface area contributed by atoms with E-state index in [-0.39, 0.29) is 11.7 Å². The zero-order chi connectivity index (χ0) is 15.7. The molecule has 2 aliphatic rings. The van der Waals surface area contributed by atoms with Crippen LogP contribution in [0.15, 0.2) is 11.3 Å². The second kappa shape index (κ2) is 5.82. The van der Waals surface area contributed by atoms with Gasteiger partial charge in [0, 0.05) is 18.0 Å². The first kappa shape index (κ1) is 14.6. The van der Waals surface area contributed by atoms with E-state index < -0.39 is 17.1 Å². The number of hydrogen-bond acceptors (Lipinski definition) is 6. The number of aliphatic hydroxyl groups is 1. The molecule has 0 spiro atoms. The Labute approximate surface area is 126 Å². The normalized spacial score (nSPS) is 25.4. The number of aliphatic hydroxyl groups excluding tert-OH is 1. The summed E-state index contributed by atoms with van der Waals surface area (Å²) in [4.78, 5) is 15.5. The first-order chi connectivity index (χ1) is 10.6. The van der Waals surface area contributed by atoms with Gasteiger partial charge in [-0.2, -0.15) is 5.10 Å². The summed E-state index contributed by atoms with van der Waals surface area (Å²) in [6.45, 7) is 0.956. The Morgan fingerprint density at radius 3 is 2.77 bits per heavy atom. The van der Waals surface area contributed by atoms with E-state index in [0.717, 1.165) is 12.8 Å². The smallest absolute Gasteiger partial charge is 0.331 e. The standard InChI is InChI=1S/C12H17N7O3/c13-16-15-9-3-5-17(6-4-11(9)20)12-10(19(21)22)7-14-18(12)8-1-2-8/h7-9,11,20H,1-6H2/t9-,11-/m0/s1. The van der Waals surface area contributed by atoms with Gasteiger partial charge in [-0.05, 0) is 31.2 Å². The van der Waals surface area contributed by atoms with Gasteiger partial charge >= 0.3 is 5.69 Å². The second-order valence-electron chi connectivity index (χ2n) is 5.69. The van der Waals surface area contributed by atoms with Crippen LogP contribution >= 0.6 is 0 Å². The predicted molar refractivity (Wildman–Crippen MR) is 77.5 cm³/mol. The van der Waals surface area contributed by atoms with E-state index >= 15 is 0 Å². The quantitative estimate of drug-likeness (QED) is 0.297. The van der Waals surface area contributed by atoms with Crippen LogP contribution in [0.4, 0.5) is 11.5 Å². The number of nitrogens with zero attached hydrogens (tertiary/aromatic N) is 7. The van der Waals surface area contributed by atoms with E-state index in [1.54, 1.807) is 4.68 Å². The molecule has 0 aromatic carbocycles. The minimum absolute atomic E-state index is 0.0105. The Kier molecular flexibility index (Phi) is 3.86. The minimum atomic E-state index is -0.725. The van der Waals surface area contributed by atoms with Crippen molar-refractivity contribution in [2.45, 2.75) is 43.9 Å². The van der Waals surface area contributed by atoms with Gasteiger partial charge in [0.1, 0.15) is 6.20 Å². The van der Waals surface area contributed by atoms with E-state index in [0.29, 0.717) is 31.7 Å². The van der Waals surface area contributed by atoms with Crippen LogP contribution in [0, 0.1) is 10.1 Å². The average molecular weight is 307 g/mol. The maximum atomic E-state index is 11.2. The summed E-state index contributed by atoms with van der Waals surface area (Å²) in [5.41, 5.74) is 8.54. The molecule has 2 atom stereocenters. The van der Waals surface area contributed by atoms with Crippen LogP contribution in [-0.4, -0.2) is 45.0 Å². The number of aromatic nitrogens is 2. The molecule has 2 fully saturated rings. The van der Waals surface area contributed by atoms with E-state index in [9.17, 15) is 15.2 Å². The van der Waals surface area contributed by atoms with E-state index in [1.807, 2.05) is 4.90 Å². The van der Waals surface area contributed by atoms with Gasteiger partial charge in [0.25, 0.3) is 0 Å². The van der Waals surface area contributed by atoms with Crippen LogP contribution in [-0.2, 0) is 0 Å². The molecule has 10 nitrogen and oxygen atoms in total. The summed E-state index contributed by atoms with van der Waals surface area (Å²) in [6, 6.07) is -0.267. The molecule has 3 rings (SSSR count). The minimum Gasteiger partial charge on any atom is -0.393 e. The van der Waals surface area contributed by atoms with E-state index in [2.05, 4.69) is 15.1 Å². The van der Waals surface area contributed by atoms with Gasteiger partial charge in [-0.1, -0.05) is 5.11 Å². The molecule has 10 heteroatoms. The molecule has 1 aliphatic carbocycles. The molecule has 0 radical (unpaired) electrons. The first-order valence-electron chi connectivity index (χ1n) is 7.31. The highest BCUT2D eigenvalue weighted by atomic mass is 16.6. The maximum Gasteiger partial charge on any atom is 0.331 e. The monoisotopic (exact) mass is 307 g/mol. The lowest BCUT2D eigenvalue weighted by molar-refractivity contribution is -0.384. The average Bonchev–Trinajstić information content (AvgIpc) is 3.26. The highest BCUT2D eigenvalue weighted by Gasteiger charge is 2.35. The van der Waals surface area contributed by atoms with Crippen molar-refractivity contribution in [2.24, 2.45) is 5.11 Å². The summed E-state index contributed by atoms with van der Waals surface area (Å²) in [5, 5.41) is 29.0. The van der Waals surface area contributed by atoms with Crippen molar-refractivity contribution >= 4 is 11.5 Å². The van der Waals surface area contributed by atoms with Gasteiger partial charge < -0.3 is 10.0 Å². The fourth-order valence-electron chi connectivity index (χ4n) is 2.85. The highest BCUT2D eigenvalue weighted by Crippen LogP contribution is 2.41. The Balaban J connectivity index is 1.88. The van der Waals surface area contributed by atoms with Crippen molar-refractivity contribution in [2.75, 3.05) is 18.0 Å². The predicted octanol–water partition coefficient (Wildman–Crippen LogP) is 1.77. The second-order valence-corrected chi connectivity index (χ2v) is 5.69. The molecule has 2 heterocycles. The summed E-state index contributed by atoms with van der Waals surface area (Å²) in [6.07, 6.45) is 3.37. The van der Waals surface area contributed by atoms with E-state index in [1.165, 1.54) is 6.20 Å². The number of azide groups is 1. The molecular weight excluding hydrogens is 290 g/mol. The Morgan fingerprint density at radius 1 is 1.41 bits per heavy atom. The molecule has 118 valence electrons. The lowest BCUT2D eigenvalue weighted by atomic mass is 10.1. The van der Waals surface area contributed by atoms with Crippen molar-refractivity contribution in [3.63, 3.8) is 0 Å². The first-order valence-corrected chi connectivity index (χ1v) is 7.31. The largest absolute Gasteiger partial charge is 0.393 e. The zero-order valence-corrected chi connectivity index (χ0v) is 11.9. The van der Waals surface area contributed by atoms with Crippen molar-refractivity contribution in [1.82, 2.24) is 9.78 Å². The highest BCUT2D eigenvalue weighted by molar-refractivity contribution is 5.58. The molecule has 0 amide bonds. The van der Waals surface area contributed by atoms with Crippen LogP contribution in [0.25, 0.3) is 10.4 Å². The molecule has 1 aliphatic heterocycles. The molecule has 1 saturated heterocycles. The van der Waals surface area contributed by atoms with Crippen molar-refractivity contribution in [3.8, 4) is 0 Å². The van der Waals surface area contributed by atoms with Crippen molar-refractivity contribution in [3.05, 3.63) is 26.8 Å². The third kappa shape index (κ3) is 2.70. The number of hydrogen-bond donors (Lipinski definition) is 1. The maximum absolute atomic E-state index is 11.2. The molecule has 1 aromatic rings. The van der Waals surface area contributed by atoms with Gasteiger partial charge in [-0.3, -0.25) is 10.1 Å². The third-order valence-corrected chi connectivity index (χ3v) is 4.17. The van der Waals surface area contributed by atoms with Crippen LogP contribution in [0.2, 0.25) is 0 Å². The fourth-order valence-corrected chi connectivity index (χ4v) is 2.85. The number of rotatable bonds is 4. The molecule has 1 N–H and O–H groups in total. The molecule has 1 aromatic heterocycles. The summed E-state index contributed by atoms with van der Waals surface area (Å²) in [5.74, 6) is 0.501. The van der Waals surface area contributed by atoms with Gasteiger partial charge in [-0.15, -0.1) is 0 Å². The van der Waals surface area contributed by atoms with Gasteiger partial charge in [0.2, 0.25) is 5.82 Å². The van der Waals surface area contributed by atoms with Gasteiger partial charge in [0.15, 0.2) is 0 Å². The van der Waals surface area contributed by atoms with Crippen LogP contribution in [0.5, 0.6) is 0 Å². The zero-order valence-electron chi connectivity index (χ0n) is 11.9. The molecule has 0 bridgehead atoms. The topological polar surface area (TPSA) is 133 Å². The third-order valence-electron chi connectivity index (χ3n) is 4.17. The molecular formula is C12H17N7O3.